The summed E-state index contributed by atoms with van der Waals surface area (Å²) in [5.74, 6) is 1.80. The quantitative estimate of drug-likeness (QED) is 0.519. The van der Waals surface area contributed by atoms with Gasteiger partial charge in [-0.1, -0.05) is 22.8 Å². The number of tetrazole rings is 1. The molecule has 0 N–H and O–H groups in total. The van der Waals surface area contributed by atoms with Gasteiger partial charge in [0.2, 0.25) is 11.8 Å². The molecular formula is C21H25ClN8O2. The molecule has 1 aromatic carbocycles. The zero-order valence-corrected chi connectivity index (χ0v) is 19.0. The van der Waals surface area contributed by atoms with Crippen molar-refractivity contribution in [3.05, 3.63) is 58.0 Å². The molecule has 168 valence electrons. The van der Waals surface area contributed by atoms with Crippen LogP contribution < -0.4 is 0 Å². The van der Waals surface area contributed by atoms with Crippen molar-refractivity contribution in [3.63, 3.8) is 0 Å². The maximum Gasteiger partial charge on any atom is 0.246 e. The van der Waals surface area contributed by atoms with E-state index in [4.69, 9.17) is 16.1 Å². The Bertz CT molecular complexity index is 1120. The Hall–Kier alpha value is -3.11. The lowest BCUT2D eigenvalue weighted by Crippen LogP contribution is -2.53. The van der Waals surface area contributed by atoms with Crippen LogP contribution in [0, 0.1) is 13.8 Å². The van der Waals surface area contributed by atoms with E-state index >= 15 is 0 Å². The highest BCUT2D eigenvalue weighted by Crippen LogP contribution is 2.19. The molecule has 1 saturated heterocycles. The third-order valence-electron chi connectivity index (χ3n) is 5.30. The number of rotatable bonds is 6. The molecule has 32 heavy (non-hydrogen) atoms. The fourth-order valence-corrected chi connectivity index (χ4v) is 3.98. The maximum absolute atomic E-state index is 12.9. The van der Waals surface area contributed by atoms with E-state index in [9.17, 15) is 4.79 Å². The molecule has 3 aromatic rings. The van der Waals surface area contributed by atoms with Gasteiger partial charge in [-0.2, -0.15) is 9.78 Å². The van der Waals surface area contributed by atoms with Crippen molar-refractivity contribution in [2.75, 3.05) is 19.6 Å². The number of hydrogen-bond donors (Lipinski definition) is 0. The average molecular weight is 457 g/mol. The van der Waals surface area contributed by atoms with Gasteiger partial charge >= 0.3 is 0 Å². The van der Waals surface area contributed by atoms with Gasteiger partial charge in [-0.05, 0) is 48.4 Å². The highest BCUT2D eigenvalue weighted by molar-refractivity contribution is 6.30. The van der Waals surface area contributed by atoms with Crippen LogP contribution in [-0.2, 0) is 17.9 Å². The predicted molar refractivity (Wildman–Crippen MR) is 118 cm³/mol. The zero-order chi connectivity index (χ0) is 22.7. The van der Waals surface area contributed by atoms with E-state index in [1.165, 1.54) is 4.80 Å². The third-order valence-corrected chi connectivity index (χ3v) is 5.54. The summed E-state index contributed by atoms with van der Waals surface area (Å²) in [6, 6.07) is 5.61. The summed E-state index contributed by atoms with van der Waals surface area (Å²) in [6.45, 7) is 8.77. The van der Waals surface area contributed by atoms with Crippen LogP contribution in [0.15, 0.2) is 28.8 Å². The number of aromatic nitrogens is 6. The van der Waals surface area contributed by atoms with Gasteiger partial charge in [-0.15, -0.1) is 10.2 Å². The van der Waals surface area contributed by atoms with E-state index in [1.807, 2.05) is 30.0 Å². The first-order chi connectivity index (χ1) is 15.4. The van der Waals surface area contributed by atoms with Crippen LogP contribution in [0.3, 0.4) is 0 Å². The van der Waals surface area contributed by atoms with Crippen molar-refractivity contribution < 1.29 is 9.32 Å². The topological polar surface area (TPSA) is 106 Å². The minimum absolute atomic E-state index is 0.0248. The van der Waals surface area contributed by atoms with Crippen LogP contribution in [0.4, 0.5) is 0 Å². The lowest BCUT2D eigenvalue weighted by Gasteiger charge is -2.39. The first kappa shape index (κ1) is 22.1. The van der Waals surface area contributed by atoms with Crippen LogP contribution in [0.5, 0.6) is 0 Å². The summed E-state index contributed by atoms with van der Waals surface area (Å²) >= 11 is 6.18. The minimum Gasteiger partial charge on any atom is -0.340 e. The second-order valence-corrected chi connectivity index (χ2v) is 8.33. The highest BCUT2D eigenvalue weighted by Gasteiger charge is 2.27. The predicted octanol–water partition coefficient (Wildman–Crippen LogP) is 2.12. The lowest BCUT2D eigenvalue weighted by molar-refractivity contribution is -0.130. The van der Waals surface area contributed by atoms with Crippen LogP contribution in [0.25, 0.3) is 6.08 Å². The second-order valence-electron chi connectivity index (χ2n) is 7.89. The van der Waals surface area contributed by atoms with Crippen molar-refractivity contribution in [2.45, 2.75) is 39.9 Å². The number of aryl methyl sites for hydroxylation is 2. The van der Waals surface area contributed by atoms with Gasteiger partial charge in [0.15, 0.2) is 11.6 Å². The SMILES string of the molecule is Cc1nnn(Cc2cc(Cl)ccc2C=CC(=O)N2CCN(Cc3noc(C)n3)CC2C)n1. The summed E-state index contributed by atoms with van der Waals surface area (Å²) in [4.78, 5) is 22.8. The molecule has 0 spiro atoms. The Morgan fingerprint density at radius 1 is 1.28 bits per heavy atom. The van der Waals surface area contributed by atoms with Gasteiger partial charge in [0.05, 0.1) is 13.1 Å². The van der Waals surface area contributed by atoms with E-state index in [2.05, 4.69) is 30.5 Å². The van der Waals surface area contributed by atoms with Crippen LogP contribution in [0.1, 0.15) is 35.6 Å². The van der Waals surface area contributed by atoms with Crippen molar-refractivity contribution in [3.8, 4) is 0 Å². The molecule has 10 nitrogen and oxygen atoms in total. The molecule has 0 aliphatic carbocycles. The summed E-state index contributed by atoms with van der Waals surface area (Å²) in [5.41, 5.74) is 1.80. The van der Waals surface area contributed by atoms with Crippen LogP contribution >= 0.6 is 11.6 Å². The van der Waals surface area contributed by atoms with Gasteiger partial charge in [-0.3, -0.25) is 9.69 Å². The molecule has 1 amide bonds. The highest BCUT2D eigenvalue weighted by atomic mass is 35.5. The molecule has 1 atom stereocenters. The van der Waals surface area contributed by atoms with Crippen LogP contribution in [-0.4, -0.2) is 71.7 Å². The molecule has 3 heterocycles. The zero-order valence-electron chi connectivity index (χ0n) is 18.3. The summed E-state index contributed by atoms with van der Waals surface area (Å²) < 4.78 is 5.04. The standard InChI is InChI=1S/C21H25ClN8O2/c1-14-11-28(13-20-23-16(3)32-26-20)8-9-29(14)21(31)7-5-17-4-6-19(22)10-18(17)12-30-25-15(2)24-27-30/h4-7,10,14H,8-9,11-13H2,1-3H3. The lowest BCUT2D eigenvalue weighted by atomic mass is 10.1. The Labute approximate surface area is 190 Å². The first-order valence-corrected chi connectivity index (χ1v) is 10.8. The van der Waals surface area contributed by atoms with E-state index in [-0.39, 0.29) is 11.9 Å². The number of amides is 1. The van der Waals surface area contributed by atoms with E-state index in [0.29, 0.717) is 42.2 Å². The van der Waals surface area contributed by atoms with Gasteiger partial charge in [0.25, 0.3) is 0 Å². The summed E-state index contributed by atoms with van der Waals surface area (Å²) in [7, 11) is 0. The Morgan fingerprint density at radius 2 is 2.12 bits per heavy atom. The number of hydrogen-bond acceptors (Lipinski definition) is 8. The number of carbonyl (C=O) groups is 1. The molecule has 1 aliphatic rings. The van der Waals surface area contributed by atoms with Gasteiger partial charge in [0.1, 0.15) is 0 Å². The number of carbonyl (C=O) groups excluding carboxylic acids is 1. The van der Waals surface area contributed by atoms with E-state index in [0.717, 1.165) is 24.2 Å². The van der Waals surface area contributed by atoms with Crippen LogP contribution in [0.2, 0.25) is 5.02 Å². The number of halogens is 1. The Morgan fingerprint density at radius 3 is 2.81 bits per heavy atom. The van der Waals surface area contributed by atoms with Crippen molar-refractivity contribution in [1.82, 2.24) is 40.1 Å². The summed E-state index contributed by atoms with van der Waals surface area (Å²) in [6.07, 6.45) is 3.43. The fraction of sp³-hybridized carbons (Fsp3) is 0.429. The largest absolute Gasteiger partial charge is 0.340 e. The minimum atomic E-state index is -0.0248. The number of benzene rings is 1. The van der Waals surface area contributed by atoms with E-state index < -0.39 is 0 Å². The number of nitrogens with zero attached hydrogens (tertiary/aromatic N) is 8. The molecule has 1 fully saturated rings. The van der Waals surface area contributed by atoms with Gasteiger partial charge in [0, 0.05) is 43.7 Å². The molecule has 4 rings (SSSR count). The fourth-order valence-electron chi connectivity index (χ4n) is 3.78. The van der Waals surface area contributed by atoms with Crippen molar-refractivity contribution >= 4 is 23.6 Å². The monoisotopic (exact) mass is 456 g/mol. The molecule has 0 bridgehead atoms. The smallest absolute Gasteiger partial charge is 0.246 e. The van der Waals surface area contributed by atoms with Gasteiger partial charge in [-0.25, -0.2) is 0 Å². The van der Waals surface area contributed by atoms with Crippen molar-refractivity contribution in [2.24, 2.45) is 0 Å². The molecule has 11 heteroatoms. The normalized spacial score (nSPS) is 17.4. The molecule has 0 saturated carbocycles. The third kappa shape index (κ3) is 5.38. The molecule has 1 unspecified atom stereocenters. The summed E-state index contributed by atoms with van der Waals surface area (Å²) in [5, 5.41) is 16.7. The Balaban J connectivity index is 1.40. The van der Waals surface area contributed by atoms with Crippen molar-refractivity contribution in [1.29, 1.82) is 0 Å². The second kappa shape index (κ2) is 9.58. The maximum atomic E-state index is 12.9. The Kier molecular flexibility index (Phi) is 6.61. The van der Waals surface area contributed by atoms with E-state index in [1.54, 1.807) is 26.0 Å². The average Bonchev–Trinajstić information content (AvgIpc) is 3.34. The van der Waals surface area contributed by atoms with Gasteiger partial charge < -0.3 is 9.42 Å². The first-order valence-electron chi connectivity index (χ1n) is 10.4. The molecule has 1 aliphatic heterocycles. The molecule has 0 radical (unpaired) electrons. The molecule has 2 aromatic heterocycles. The molecular weight excluding hydrogens is 432 g/mol. The number of piperazine rings is 1.